The maximum atomic E-state index is 11.5. The number of likely N-dealkylation sites (tertiary alicyclic amines) is 1. The van der Waals surface area contributed by atoms with Crippen LogP contribution in [-0.4, -0.2) is 60.4 Å². The molecule has 2 saturated heterocycles. The Balaban J connectivity index is 1.24. The minimum atomic E-state index is -0.211. The molecule has 2 aliphatic heterocycles. The zero-order chi connectivity index (χ0) is 19.1. The van der Waals surface area contributed by atoms with Gasteiger partial charge in [0, 0.05) is 76.2 Å². The van der Waals surface area contributed by atoms with Crippen LogP contribution in [0.1, 0.15) is 5.56 Å². The maximum absolute atomic E-state index is 11.5. The SMILES string of the molecule is Cn1cc(CN2CC3CN(c4cc(-n5cccn5)ncn4)CC3C2)cnc1=O. The Bertz CT molecular complexity index is 1020. The highest BCUT2D eigenvalue weighted by Gasteiger charge is 2.40. The predicted octanol–water partition coefficient (Wildman–Crippen LogP) is 0.324. The predicted molar refractivity (Wildman–Crippen MR) is 103 cm³/mol. The monoisotopic (exact) mass is 378 g/mol. The summed E-state index contributed by atoms with van der Waals surface area (Å²) in [5.41, 5.74) is 0.871. The first kappa shape index (κ1) is 17.1. The van der Waals surface area contributed by atoms with Crippen LogP contribution in [0, 0.1) is 11.8 Å². The second-order valence-electron chi connectivity index (χ2n) is 7.66. The molecule has 0 bridgehead atoms. The Morgan fingerprint density at radius 3 is 2.57 bits per heavy atom. The molecule has 5 heterocycles. The first-order chi connectivity index (χ1) is 13.7. The van der Waals surface area contributed by atoms with Crippen molar-refractivity contribution in [1.29, 1.82) is 0 Å². The van der Waals surface area contributed by atoms with E-state index in [1.165, 1.54) is 0 Å². The number of rotatable bonds is 4. The van der Waals surface area contributed by atoms with Gasteiger partial charge in [-0.2, -0.15) is 5.10 Å². The molecular weight excluding hydrogens is 356 g/mol. The largest absolute Gasteiger partial charge is 0.356 e. The third-order valence-electron chi connectivity index (χ3n) is 5.67. The van der Waals surface area contributed by atoms with Crippen molar-refractivity contribution < 1.29 is 0 Å². The van der Waals surface area contributed by atoms with Gasteiger partial charge in [-0.15, -0.1) is 0 Å². The maximum Gasteiger partial charge on any atom is 0.347 e. The lowest BCUT2D eigenvalue weighted by molar-refractivity contribution is 0.307. The standard InChI is InChI=1S/C19H22N8O/c1-24-7-14(6-20-19(24)28)8-25-9-15-11-26(12-16(15)10-25)17-5-18(22-13-21-17)27-4-2-3-23-27/h2-7,13,15-16H,8-12H2,1H3. The number of aromatic nitrogens is 6. The van der Waals surface area contributed by atoms with Gasteiger partial charge in [-0.3, -0.25) is 4.90 Å². The van der Waals surface area contributed by atoms with Crippen molar-refractivity contribution in [3.63, 3.8) is 0 Å². The number of hydrogen-bond acceptors (Lipinski definition) is 7. The van der Waals surface area contributed by atoms with Gasteiger partial charge in [0.1, 0.15) is 12.1 Å². The Labute approximate surface area is 162 Å². The molecule has 2 atom stereocenters. The molecule has 0 saturated carbocycles. The zero-order valence-electron chi connectivity index (χ0n) is 15.7. The van der Waals surface area contributed by atoms with Gasteiger partial charge in [0.05, 0.1) is 0 Å². The molecule has 2 unspecified atom stereocenters. The summed E-state index contributed by atoms with van der Waals surface area (Å²) in [6.07, 6.45) is 8.82. The lowest BCUT2D eigenvalue weighted by atomic mass is 10.0. The Morgan fingerprint density at radius 2 is 1.86 bits per heavy atom. The second kappa shape index (κ2) is 6.83. The van der Waals surface area contributed by atoms with E-state index in [0.29, 0.717) is 11.8 Å². The summed E-state index contributed by atoms with van der Waals surface area (Å²) < 4.78 is 3.30. The number of fused-ring (bicyclic) bond motifs is 1. The van der Waals surface area contributed by atoms with Crippen LogP contribution < -0.4 is 10.6 Å². The van der Waals surface area contributed by atoms with Gasteiger partial charge < -0.3 is 9.47 Å². The molecule has 144 valence electrons. The average molecular weight is 378 g/mol. The summed E-state index contributed by atoms with van der Waals surface area (Å²) >= 11 is 0. The van der Waals surface area contributed by atoms with Crippen LogP contribution >= 0.6 is 0 Å². The summed E-state index contributed by atoms with van der Waals surface area (Å²) in [6, 6.07) is 3.89. The van der Waals surface area contributed by atoms with Crippen molar-refractivity contribution in [3.05, 3.63) is 59.3 Å². The Kier molecular flexibility index (Phi) is 4.16. The highest BCUT2D eigenvalue weighted by Crippen LogP contribution is 2.34. The molecule has 5 rings (SSSR count). The third kappa shape index (κ3) is 3.18. The van der Waals surface area contributed by atoms with Gasteiger partial charge in [0.25, 0.3) is 0 Å². The number of nitrogens with zero attached hydrogens (tertiary/aromatic N) is 8. The van der Waals surface area contributed by atoms with Gasteiger partial charge >= 0.3 is 5.69 Å². The minimum Gasteiger partial charge on any atom is -0.356 e. The summed E-state index contributed by atoms with van der Waals surface area (Å²) in [4.78, 5) is 29.0. The molecule has 0 radical (unpaired) electrons. The van der Waals surface area contributed by atoms with Crippen molar-refractivity contribution in [1.82, 2.24) is 34.2 Å². The Morgan fingerprint density at radius 1 is 1.07 bits per heavy atom. The molecule has 2 fully saturated rings. The van der Waals surface area contributed by atoms with Gasteiger partial charge in [-0.05, 0) is 17.9 Å². The van der Waals surface area contributed by atoms with Gasteiger partial charge in [0.2, 0.25) is 0 Å². The van der Waals surface area contributed by atoms with E-state index in [1.54, 1.807) is 35.0 Å². The fraction of sp³-hybridized carbons (Fsp3) is 0.421. The van der Waals surface area contributed by atoms with Crippen LogP contribution in [-0.2, 0) is 13.6 Å². The molecule has 0 amide bonds. The third-order valence-corrected chi connectivity index (χ3v) is 5.67. The van der Waals surface area contributed by atoms with E-state index in [1.807, 2.05) is 24.5 Å². The van der Waals surface area contributed by atoms with E-state index < -0.39 is 0 Å². The molecule has 28 heavy (non-hydrogen) atoms. The van der Waals surface area contributed by atoms with Crippen molar-refractivity contribution in [2.45, 2.75) is 6.54 Å². The first-order valence-corrected chi connectivity index (χ1v) is 9.46. The molecule has 0 N–H and O–H groups in total. The van der Waals surface area contributed by atoms with E-state index in [0.717, 1.165) is 49.9 Å². The topological polar surface area (TPSA) is 85.0 Å². The zero-order valence-corrected chi connectivity index (χ0v) is 15.7. The van der Waals surface area contributed by atoms with Gasteiger partial charge in [-0.1, -0.05) is 0 Å². The van der Waals surface area contributed by atoms with E-state index in [-0.39, 0.29) is 5.69 Å². The second-order valence-corrected chi connectivity index (χ2v) is 7.66. The minimum absolute atomic E-state index is 0.211. The lowest BCUT2D eigenvalue weighted by Crippen LogP contribution is -2.30. The van der Waals surface area contributed by atoms with Gasteiger partial charge in [-0.25, -0.2) is 24.4 Å². The summed E-state index contributed by atoms with van der Waals surface area (Å²) in [5.74, 6) is 3.01. The first-order valence-electron chi connectivity index (χ1n) is 9.46. The molecule has 9 heteroatoms. The summed E-state index contributed by atoms with van der Waals surface area (Å²) in [7, 11) is 1.74. The summed E-state index contributed by atoms with van der Waals surface area (Å²) in [5, 5.41) is 4.25. The molecule has 2 aliphatic rings. The molecule has 0 spiro atoms. The number of aryl methyl sites for hydroxylation is 1. The van der Waals surface area contributed by atoms with Crippen LogP contribution in [0.2, 0.25) is 0 Å². The quantitative estimate of drug-likeness (QED) is 0.646. The highest BCUT2D eigenvalue weighted by molar-refractivity contribution is 5.44. The number of hydrogen-bond donors (Lipinski definition) is 0. The van der Waals surface area contributed by atoms with Crippen LogP contribution in [0.3, 0.4) is 0 Å². The van der Waals surface area contributed by atoms with Crippen molar-refractivity contribution in [2.24, 2.45) is 18.9 Å². The van der Waals surface area contributed by atoms with E-state index in [2.05, 4.69) is 29.9 Å². The van der Waals surface area contributed by atoms with Crippen LogP contribution in [0.15, 0.2) is 48.0 Å². The molecule has 3 aromatic heterocycles. The van der Waals surface area contributed by atoms with E-state index in [9.17, 15) is 4.79 Å². The van der Waals surface area contributed by atoms with Crippen molar-refractivity contribution in [3.8, 4) is 5.82 Å². The van der Waals surface area contributed by atoms with Crippen LogP contribution in [0.4, 0.5) is 5.82 Å². The number of anilines is 1. The molecule has 0 aromatic carbocycles. The van der Waals surface area contributed by atoms with Crippen LogP contribution in [0.25, 0.3) is 5.82 Å². The summed E-state index contributed by atoms with van der Waals surface area (Å²) in [6.45, 7) is 4.96. The smallest absolute Gasteiger partial charge is 0.347 e. The lowest BCUT2D eigenvalue weighted by Gasteiger charge is -2.22. The highest BCUT2D eigenvalue weighted by atomic mass is 16.1. The van der Waals surface area contributed by atoms with Crippen LogP contribution in [0.5, 0.6) is 0 Å². The molecule has 9 nitrogen and oxygen atoms in total. The molecule has 0 aliphatic carbocycles. The molecule has 3 aromatic rings. The Hall–Kier alpha value is -3.07. The normalized spacial score (nSPS) is 22.0. The van der Waals surface area contributed by atoms with Crippen molar-refractivity contribution >= 4 is 5.82 Å². The fourth-order valence-corrected chi connectivity index (χ4v) is 4.35. The van der Waals surface area contributed by atoms with E-state index in [4.69, 9.17) is 0 Å². The van der Waals surface area contributed by atoms with Crippen molar-refractivity contribution in [2.75, 3.05) is 31.1 Å². The average Bonchev–Trinajstić information content (AvgIpc) is 3.41. The van der Waals surface area contributed by atoms with E-state index >= 15 is 0 Å². The fourth-order valence-electron chi connectivity index (χ4n) is 4.35. The van der Waals surface area contributed by atoms with Gasteiger partial charge in [0.15, 0.2) is 5.82 Å². The molecular formula is C19H22N8O.